The van der Waals surface area contributed by atoms with Gasteiger partial charge in [0.2, 0.25) is 0 Å². The molecular formula is C17H25N7. The van der Waals surface area contributed by atoms with Crippen molar-refractivity contribution in [3.63, 3.8) is 0 Å². The van der Waals surface area contributed by atoms with Crippen LogP contribution in [-0.2, 0) is 0 Å². The predicted octanol–water partition coefficient (Wildman–Crippen LogP) is 2.87. The number of aromatic nitrogens is 1. The number of rotatable bonds is 7. The molecule has 0 aliphatic rings. The maximum absolute atomic E-state index is 6.91. The summed E-state index contributed by atoms with van der Waals surface area (Å²) in [7, 11) is 4.11. The summed E-state index contributed by atoms with van der Waals surface area (Å²) in [4.78, 5) is 6.68. The first-order valence-corrected chi connectivity index (χ1v) is 7.93. The Balaban J connectivity index is 2.49. The molecule has 1 aromatic carbocycles. The largest absolute Gasteiger partial charge is 0.384 e. The minimum atomic E-state index is 0.189. The van der Waals surface area contributed by atoms with Crippen LogP contribution in [0.4, 0.5) is 5.69 Å². The van der Waals surface area contributed by atoms with E-state index in [1.54, 1.807) is 6.20 Å². The highest BCUT2D eigenvalue weighted by Gasteiger charge is 2.14. The number of nitrogens with zero attached hydrogens (tertiary/aromatic N) is 4. The normalized spacial score (nSPS) is 12.0. The molecule has 0 aliphatic carbocycles. The zero-order chi connectivity index (χ0) is 17.7. The number of aryl methyl sites for hydroxylation is 2. The highest BCUT2D eigenvalue weighted by Crippen LogP contribution is 2.29. The smallest absolute Gasteiger partial charge is 0.158 e. The monoisotopic (exact) mass is 327 g/mol. The van der Waals surface area contributed by atoms with Gasteiger partial charge >= 0.3 is 0 Å². The molecule has 0 unspecified atom stereocenters. The summed E-state index contributed by atoms with van der Waals surface area (Å²) < 4.78 is 0. The molecule has 0 amide bonds. The molecule has 0 spiro atoms. The van der Waals surface area contributed by atoms with Crippen molar-refractivity contribution in [2.45, 2.75) is 20.3 Å². The Morgan fingerprint density at radius 2 is 2.08 bits per heavy atom. The molecule has 2 rings (SSSR count). The van der Waals surface area contributed by atoms with Crippen molar-refractivity contribution in [1.29, 1.82) is 5.53 Å². The van der Waals surface area contributed by atoms with Gasteiger partial charge < -0.3 is 16.0 Å². The number of pyridine rings is 1. The highest BCUT2D eigenvalue weighted by molar-refractivity contribution is 6.09. The van der Waals surface area contributed by atoms with Crippen LogP contribution in [0.3, 0.4) is 0 Å². The molecule has 2 aromatic rings. The fourth-order valence-corrected chi connectivity index (χ4v) is 2.76. The number of benzene rings is 1. The minimum absolute atomic E-state index is 0.189. The molecule has 0 bridgehead atoms. The molecule has 7 heteroatoms. The summed E-state index contributed by atoms with van der Waals surface area (Å²) in [6, 6.07) is 4.21. The van der Waals surface area contributed by atoms with Crippen LogP contribution in [0.5, 0.6) is 0 Å². The second kappa shape index (κ2) is 7.83. The van der Waals surface area contributed by atoms with Gasteiger partial charge in [0.15, 0.2) is 5.84 Å². The van der Waals surface area contributed by atoms with Crippen LogP contribution in [0.15, 0.2) is 28.7 Å². The number of nitrogens with two attached hydrogens (primary N) is 1. The Kier molecular flexibility index (Phi) is 5.81. The summed E-state index contributed by atoms with van der Waals surface area (Å²) in [6.07, 6.45) is 2.70. The van der Waals surface area contributed by atoms with Gasteiger partial charge in [-0.2, -0.15) is 5.53 Å². The molecule has 0 aliphatic heterocycles. The van der Waals surface area contributed by atoms with Gasteiger partial charge in [-0.1, -0.05) is 16.9 Å². The molecule has 0 radical (unpaired) electrons. The lowest BCUT2D eigenvalue weighted by Crippen LogP contribution is -2.19. The molecule has 0 saturated carbocycles. The summed E-state index contributed by atoms with van der Waals surface area (Å²) in [6.45, 7) is 5.91. The number of nitrogens with one attached hydrogen (secondary N) is 2. The van der Waals surface area contributed by atoms with E-state index in [1.807, 2.05) is 0 Å². The number of amidine groups is 1. The second-order valence-corrected chi connectivity index (χ2v) is 6.19. The van der Waals surface area contributed by atoms with E-state index in [1.165, 1.54) is 0 Å². The Hall–Kier alpha value is -2.54. The molecule has 128 valence electrons. The van der Waals surface area contributed by atoms with Gasteiger partial charge in [-0.3, -0.25) is 4.98 Å². The Morgan fingerprint density at radius 3 is 2.75 bits per heavy atom. The van der Waals surface area contributed by atoms with E-state index < -0.39 is 0 Å². The molecule has 4 N–H and O–H groups in total. The highest BCUT2D eigenvalue weighted by atomic mass is 15.3. The first-order valence-electron chi connectivity index (χ1n) is 7.93. The topological polar surface area (TPSA) is 103 Å². The Bertz CT molecular complexity index is 765. The van der Waals surface area contributed by atoms with Crippen molar-refractivity contribution in [3.05, 3.63) is 35.0 Å². The lowest BCUT2D eigenvalue weighted by Gasteiger charge is -2.16. The van der Waals surface area contributed by atoms with Crippen molar-refractivity contribution in [2.75, 3.05) is 32.5 Å². The summed E-state index contributed by atoms with van der Waals surface area (Å²) >= 11 is 0. The first-order chi connectivity index (χ1) is 11.4. The van der Waals surface area contributed by atoms with Crippen molar-refractivity contribution in [3.8, 4) is 0 Å². The molecule has 7 nitrogen and oxygen atoms in total. The molecule has 0 fully saturated rings. The lowest BCUT2D eigenvalue weighted by molar-refractivity contribution is 0.405. The molecular weight excluding hydrogens is 302 g/mol. The third-order valence-corrected chi connectivity index (χ3v) is 3.82. The van der Waals surface area contributed by atoms with Gasteiger partial charge in [0.05, 0.1) is 16.8 Å². The molecule has 1 aromatic heterocycles. The van der Waals surface area contributed by atoms with Crippen LogP contribution in [0.1, 0.15) is 23.1 Å². The van der Waals surface area contributed by atoms with Gasteiger partial charge in [0.25, 0.3) is 0 Å². The van der Waals surface area contributed by atoms with E-state index in [4.69, 9.17) is 11.3 Å². The molecule has 0 atom stereocenters. The van der Waals surface area contributed by atoms with E-state index in [0.29, 0.717) is 5.56 Å². The molecule has 1 heterocycles. The summed E-state index contributed by atoms with van der Waals surface area (Å²) in [5, 5.41) is 11.2. The van der Waals surface area contributed by atoms with Crippen LogP contribution in [0, 0.1) is 19.4 Å². The fraction of sp³-hybridized carbons (Fsp3) is 0.412. The zero-order valence-electron chi connectivity index (χ0n) is 14.7. The van der Waals surface area contributed by atoms with E-state index in [-0.39, 0.29) is 5.84 Å². The van der Waals surface area contributed by atoms with Gasteiger partial charge in [0, 0.05) is 18.1 Å². The quantitative estimate of drug-likeness (QED) is 0.239. The number of anilines is 1. The number of hydrogen-bond acceptors (Lipinski definition) is 5. The van der Waals surface area contributed by atoms with Crippen LogP contribution < -0.4 is 11.1 Å². The first kappa shape index (κ1) is 17.8. The maximum Gasteiger partial charge on any atom is 0.158 e. The number of hydrogen-bond donors (Lipinski definition) is 3. The molecule has 0 saturated heterocycles. The third kappa shape index (κ3) is 4.05. The predicted molar refractivity (Wildman–Crippen MR) is 98.7 cm³/mol. The average molecular weight is 327 g/mol. The van der Waals surface area contributed by atoms with E-state index in [9.17, 15) is 0 Å². The fourth-order valence-electron chi connectivity index (χ4n) is 2.76. The van der Waals surface area contributed by atoms with Crippen LogP contribution in [0.2, 0.25) is 0 Å². The van der Waals surface area contributed by atoms with E-state index in [0.717, 1.165) is 47.2 Å². The van der Waals surface area contributed by atoms with E-state index in [2.05, 4.69) is 65.6 Å². The average Bonchev–Trinajstić information content (AvgIpc) is 2.51. The molecule has 24 heavy (non-hydrogen) atoms. The minimum Gasteiger partial charge on any atom is -0.384 e. The van der Waals surface area contributed by atoms with Crippen LogP contribution >= 0.6 is 0 Å². The van der Waals surface area contributed by atoms with Gasteiger partial charge in [0.1, 0.15) is 0 Å². The van der Waals surface area contributed by atoms with Gasteiger partial charge in [-0.15, -0.1) is 5.10 Å². The Labute approximate surface area is 142 Å². The SMILES string of the molecule is Cc1cc(C)c2ncc(C(N)=NN=N)c(NCCCN(C)C)c2c1. The summed E-state index contributed by atoms with van der Waals surface area (Å²) in [5.41, 5.74) is 17.7. The van der Waals surface area contributed by atoms with Crippen LogP contribution in [0.25, 0.3) is 10.9 Å². The van der Waals surface area contributed by atoms with Crippen molar-refractivity contribution < 1.29 is 0 Å². The maximum atomic E-state index is 6.91. The van der Waals surface area contributed by atoms with Crippen molar-refractivity contribution in [2.24, 2.45) is 16.1 Å². The summed E-state index contributed by atoms with van der Waals surface area (Å²) in [5.74, 6) is 0.189. The second-order valence-electron chi connectivity index (χ2n) is 6.19. The standard InChI is InChI=1S/C17H25N7/c1-11-8-12(2)15-13(9-11)16(20-6-5-7-24(3)4)14(10-21-15)17(18)22-23-19/h8-10H,5-7H2,1-4H3,(H,20,21)(H3,18,19,22). The van der Waals surface area contributed by atoms with Gasteiger partial charge in [-0.05, 0) is 52.5 Å². The third-order valence-electron chi connectivity index (χ3n) is 3.82. The van der Waals surface area contributed by atoms with Crippen LogP contribution in [-0.4, -0.2) is 42.9 Å². The van der Waals surface area contributed by atoms with Crippen molar-refractivity contribution in [1.82, 2.24) is 9.88 Å². The van der Waals surface area contributed by atoms with E-state index >= 15 is 0 Å². The zero-order valence-corrected chi connectivity index (χ0v) is 14.7. The Morgan fingerprint density at radius 1 is 1.33 bits per heavy atom. The van der Waals surface area contributed by atoms with Crippen molar-refractivity contribution >= 4 is 22.4 Å². The number of fused-ring (bicyclic) bond motifs is 1. The van der Waals surface area contributed by atoms with Gasteiger partial charge in [-0.25, -0.2) is 0 Å². The lowest BCUT2D eigenvalue weighted by atomic mass is 10.0.